The third-order valence-corrected chi connectivity index (χ3v) is 2.11. The molecule has 0 saturated heterocycles. The zero-order valence-corrected chi connectivity index (χ0v) is 7.01. The number of fused-ring (bicyclic) bond motifs is 1. The third kappa shape index (κ3) is 1.43. The van der Waals surface area contributed by atoms with Crippen LogP contribution >= 0.6 is 0 Å². The van der Waals surface area contributed by atoms with Gasteiger partial charge in [0.25, 0.3) is 0 Å². The molecule has 0 saturated carbocycles. The lowest BCUT2D eigenvalue weighted by Gasteiger charge is -2.14. The average Bonchev–Trinajstić information content (AvgIpc) is 2.45. The zero-order valence-electron chi connectivity index (χ0n) is 7.01. The highest BCUT2D eigenvalue weighted by Gasteiger charge is 2.45. The minimum atomic E-state index is -4.42. The molecule has 0 bridgehead atoms. The molecule has 1 aliphatic rings. The van der Waals surface area contributed by atoms with Gasteiger partial charge >= 0.3 is 6.18 Å². The van der Waals surface area contributed by atoms with Crippen LogP contribution in [0.2, 0.25) is 0 Å². The molecule has 1 aliphatic heterocycles. The molecule has 14 heavy (non-hydrogen) atoms. The van der Waals surface area contributed by atoms with Crippen molar-refractivity contribution >= 4 is 0 Å². The number of hydrogen-bond donors (Lipinski definition) is 1. The molecule has 1 aromatic carbocycles. The maximum atomic E-state index is 12.4. The summed E-state index contributed by atoms with van der Waals surface area (Å²) in [6.07, 6.45) is -6.32. The summed E-state index contributed by atoms with van der Waals surface area (Å²) in [5, 5.41) is 9.06. The van der Waals surface area contributed by atoms with Gasteiger partial charge in [0.05, 0.1) is 6.61 Å². The topological polar surface area (TPSA) is 29.5 Å². The molecule has 5 heteroatoms. The summed E-state index contributed by atoms with van der Waals surface area (Å²) in [7, 11) is 0. The molecule has 0 aromatic heterocycles. The van der Waals surface area contributed by atoms with Gasteiger partial charge in [0.1, 0.15) is 5.75 Å². The van der Waals surface area contributed by atoms with E-state index in [0.717, 1.165) is 6.07 Å². The van der Waals surface area contributed by atoms with Crippen LogP contribution in [0.3, 0.4) is 0 Å². The van der Waals surface area contributed by atoms with Crippen molar-refractivity contribution in [3.63, 3.8) is 0 Å². The molecule has 1 N–H and O–H groups in total. The van der Waals surface area contributed by atoms with Crippen LogP contribution in [0.1, 0.15) is 17.2 Å². The van der Waals surface area contributed by atoms with E-state index in [4.69, 9.17) is 5.11 Å². The number of ether oxygens (including phenoxy) is 1. The van der Waals surface area contributed by atoms with Crippen LogP contribution in [0.5, 0.6) is 5.75 Å². The van der Waals surface area contributed by atoms with Crippen molar-refractivity contribution in [3.8, 4) is 5.75 Å². The van der Waals surface area contributed by atoms with Crippen molar-refractivity contribution in [2.75, 3.05) is 0 Å². The van der Waals surface area contributed by atoms with Crippen LogP contribution in [0.4, 0.5) is 13.2 Å². The summed E-state index contributed by atoms with van der Waals surface area (Å²) in [5.41, 5.74) is 0.489. The molecule has 0 aliphatic carbocycles. The van der Waals surface area contributed by atoms with E-state index in [1.165, 1.54) is 12.1 Å². The third-order valence-electron chi connectivity index (χ3n) is 2.11. The molecule has 1 heterocycles. The second kappa shape index (κ2) is 2.88. The standard InChI is InChI=1S/C9H7F3O2/c10-9(11,12)8-7-3-6(13)2-1-5(7)4-14-8/h1-3,8,13H,4H2/t8-/m0/s1. The smallest absolute Gasteiger partial charge is 0.418 e. The van der Waals surface area contributed by atoms with Gasteiger partial charge in [0.2, 0.25) is 0 Å². The normalized spacial score (nSPS) is 20.9. The van der Waals surface area contributed by atoms with Gasteiger partial charge in [-0.15, -0.1) is 0 Å². The van der Waals surface area contributed by atoms with Crippen molar-refractivity contribution in [2.45, 2.75) is 18.9 Å². The number of phenols is 1. The van der Waals surface area contributed by atoms with Crippen molar-refractivity contribution < 1.29 is 23.0 Å². The monoisotopic (exact) mass is 204 g/mol. The van der Waals surface area contributed by atoms with Crippen LogP contribution in [-0.2, 0) is 11.3 Å². The fourth-order valence-corrected chi connectivity index (χ4v) is 1.49. The summed E-state index contributed by atoms with van der Waals surface area (Å²) in [5.74, 6) is -0.177. The van der Waals surface area contributed by atoms with Crippen molar-refractivity contribution in [1.82, 2.24) is 0 Å². The van der Waals surface area contributed by atoms with Crippen molar-refractivity contribution in [2.24, 2.45) is 0 Å². The fourth-order valence-electron chi connectivity index (χ4n) is 1.49. The Morgan fingerprint density at radius 2 is 2.07 bits per heavy atom. The number of alkyl halides is 3. The Morgan fingerprint density at radius 1 is 1.36 bits per heavy atom. The van der Waals surface area contributed by atoms with Crippen molar-refractivity contribution in [1.29, 1.82) is 0 Å². The summed E-state index contributed by atoms with van der Waals surface area (Å²) in [6.45, 7) is -0.0558. The lowest BCUT2D eigenvalue weighted by atomic mass is 10.0. The van der Waals surface area contributed by atoms with Gasteiger partial charge in [-0.2, -0.15) is 13.2 Å². The first kappa shape index (κ1) is 9.33. The van der Waals surface area contributed by atoms with Gasteiger partial charge in [-0.25, -0.2) is 0 Å². The Kier molecular flexibility index (Phi) is 1.92. The number of hydrogen-bond acceptors (Lipinski definition) is 2. The first-order valence-electron chi connectivity index (χ1n) is 3.98. The number of halogens is 3. The van der Waals surface area contributed by atoms with Crippen LogP contribution in [0.25, 0.3) is 0 Å². The summed E-state index contributed by atoms with van der Waals surface area (Å²) < 4.78 is 41.7. The van der Waals surface area contributed by atoms with E-state index in [0.29, 0.717) is 5.56 Å². The minimum absolute atomic E-state index is 0.0116. The highest BCUT2D eigenvalue weighted by atomic mass is 19.4. The van der Waals surface area contributed by atoms with E-state index in [1.54, 1.807) is 0 Å². The molecule has 2 nitrogen and oxygen atoms in total. The van der Waals surface area contributed by atoms with Crippen LogP contribution in [-0.4, -0.2) is 11.3 Å². The van der Waals surface area contributed by atoms with Crippen LogP contribution < -0.4 is 0 Å². The fraction of sp³-hybridized carbons (Fsp3) is 0.333. The minimum Gasteiger partial charge on any atom is -0.508 e. The Labute approximate surface area is 77.9 Å². The lowest BCUT2D eigenvalue weighted by Crippen LogP contribution is -2.19. The number of benzene rings is 1. The quantitative estimate of drug-likeness (QED) is 0.703. The van der Waals surface area contributed by atoms with E-state index in [9.17, 15) is 13.2 Å². The van der Waals surface area contributed by atoms with Gasteiger partial charge in [0.15, 0.2) is 6.10 Å². The number of aromatic hydroxyl groups is 1. The lowest BCUT2D eigenvalue weighted by molar-refractivity contribution is -0.219. The number of phenolic OH excluding ortho intramolecular Hbond substituents is 1. The molecule has 0 unspecified atom stereocenters. The summed E-state index contributed by atoms with van der Waals surface area (Å²) in [6, 6.07) is 3.89. The van der Waals surface area contributed by atoms with Crippen LogP contribution in [0, 0.1) is 0 Å². The number of rotatable bonds is 0. The van der Waals surface area contributed by atoms with Gasteiger partial charge in [-0.3, -0.25) is 0 Å². The highest BCUT2D eigenvalue weighted by molar-refractivity contribution is 5.38. The predicted molar refractivity (Wildman–Crippen MR) is 41.7 cm³/mol. The molecular formula is C9H7F3O2. The first-order chi connectivity index (χ1) is 6.48. The summed E-state index contributed by atoms with van der Waals surface area (Å²) in [4.78, 5) is 0. The largest absolute Gasteiger partial charge is 0.508 e. The molecule has 0 fully saturated rings. The molecule has 0 amide bonds. The maximum absolute atomic E-state index is 12.4. The van der Waals surface area contributed by atoms with Crippen molar-refractivity contribution in [3.05, 3.63) is 29.3 Å². The Balaban J connectivity index is 2.43. The Morgan fingerprint density at radius 3 is 2.71 bits per heavy atom. The zero-order chi connectivity index (χ0) is 10.3. The molecule has 1 aromatic rings. The Hall–Kier alpha value is -1.23. The van der Waals surface area contributed by atoms with E-state index in [-0.39, 0.29) is 17.9 Å². The van der Waals surface area contributed by atoms with E-state index in [1.807, 2.05) is 0 Å². The first-order valence-corrected chi connectivity index (χ1v) is 3.98. The molecular weight excluding hydrogens is 197 g/mol. The molecule has 1 atom stereocenters. The van der Waals surface area contributed by atoms with Gasteiger partial charge in [-0.1, -0.05) is 6.07 Å². The average molecular weight is 204 g/mol. The second-order valence-electron chi connectivity index (χ2n) is 3.12. The maximum Gasteiger partial charge on any atom is 0.418 e. The molecule has 2 rings (SSSR count). The van der Waals surface area contributed by atoms with E-state index < -0.39 is 12.3 Å². The SMILES string of the molecule is Oc1ccc2c(c1)[C@@H](C(F)(F)F)OC2. The second-order valence-corrected chi connectivity index (χ2v) is 3.12. The van der Waals surface area contributed by atoms with Gasteiger partial charge in [0, 0.05) is 0 Å². The Bertz CT molecular complexity index is 360. The van der Waals surface area contributed by atoms with Gasteiger partial charge in [-0.05, 0) is 23.3 Å². The highest BCUT2D eigenvalue weighted by Crippen LogP contribution is 2.43. The molecule has 0 radical (unpaired) electrons. The predicted octanol–water partition coefficient (Wildman–Crippen LogP) is 2.53. The molecule has 76 valence electrons. The summed E-state index contributed by atoms with van der Waals surface area (Å²) >= 11 is 0. The van der Waals surface area contributed by atoms with E-state index >= 15 is 0 Å². The molecule has 0 spiro atoms. The van der Waals surface area contributed by atoms with Crippen LogP contribution in [0.15, 0.2) is 18.2 Å². The van der Waals surface area contributed by atoms with Gasteiger partial charge < -0.3 is 9.84 Å². The van der Waals surface area contributed by atoms with E-state index in [2.05, 4.69) is 4.74 Å².